The summed E-state index contributed by atoms with van der Waals surface area (Å²) in [7, 11) is 0. The third-order valence-electron chi connectivity index (χ3n) is 3.81. The average molecular weight is 299 g/mol. The zero-order valence-electron chi connectivity index (χ0n) is 12.4. The molecule has 1 aliphatic heterocycles. The fourth-order valence-corrected chi connectivity index (χ4v) is 2.74. The van der Waals surface area contributed by atoms with Crippen LogP contribution in [0.5, 0.6) is 0 Å². The summed E-state index contributed by atoms with van der Waals surface area (Å²) in [5, 5.41) is 0. The topological polar surface area (TPSA) is 29.5 Å². The van der Waals surface area contributed by atoms with Crippen molar-refractivity contribution in [1.82, 2.24) is 4.90 Å². The van der Waals surface area contributed by atoms with E-state index in [1.807, 2.05) is 37.3 Å². The van der Waals surface area contributed by atoms with Gasteiger partial charge >= 0.3 is 0 Å². The van der Waals surface area contributed by atoms with E-state index in [-0.39, 0.29) is 23.9 Å². The van der Waals surface area contributed by atoms with Gasteiger partial charge in [-0.15, -0.1) is 0 Å². The molecule has 0 bridgehead atoms. The zero-order chi connectivity index (χ0) is 15.5. The van der Waals surface area contributed by atoms with Crippen LogP contribution in [0.1, 0.15) is 28.9 Å². The van der Waals surface area contributed by atoms with Gasteiger partial charge in [0.1, 0.15) is 11.9 Å². The summed E-state index contributed by atoms with van der Waals surface area (Å²) in [5.41, 5.74) is 1.56. The fourth-order valence-electron chi connectivity index (χ4n) is 2.74. The molecule has 2 atom stereocenters. The highest BCUT2D eigenvalue weighted by molar-refractivity contribution is 5.94. The number of hydrogen-bond donors (Lipinski definition) is 0. The van der Waals surface area contributed by atoms with Crippen molar-refractivity contribution in [2.75, 3.05) is 13.1 Å². The van der Waals surface area contributed by atoms with Crippen molar-refractivity contribution < 1.29 is 13.9 Å². The van der Waals surface area contributed by atoms with Crippen molar-refractivity contribution >= 4 is 5.91 Å². The first-order valence-electron chi connectivity index (χ1n) is 7.39. The molecule has 0 N–H and O–H groups in total. The Morgan fingerprint density at radius 2 is 1.77 bits per heavy atom. The Balaban J connectivity index is 1.78. The molecule has 2 aromatic carbocycles. The van der Waals surface area contributed by atoms with Gasteiger partial charge in [0.05, 0.1) is 12.6 Å². The van der Waals surface area contributed by atoms with Gasteiger partial charge in [0.25, 0.3) is 5.91 Å². The predicted octanol–water partition coefficient (Wildman–Crippen LogP) is 3.43. The Labute approximate surface area is 129 Å². The molecule has 114 valence electrons. The third kappa shape index (κ3) is 3.17. The van der Waals surface area contributed by atoms with Gasteiger partial charge in [-0.05, 0) is 36.8 Å². The van der Waals surface area contributed by atoms with Crippen LogP contribution in [0.3, 0.4) is 0 Å². The monoisotopic (exact) mass is 299 g/mol. The molecule has 1 amide bonds. The number of nitrogens with zero attached hydrogens (tertiary/aromatic N) is 1. The van der Waals surface area contributed by atoms with Crippen LogP contribution in [0.25, 0.3) is 0 Å². The number of morpholine rings is 1. The van der Waals surface area contributed by atoms with Gasteiger partial charge in [-0.1, -0.05) is 30.3 Å². The van der Waals surface area contributed by atoms with Gasteiger partial charge in [-0.3, -0.25) is 4.79 Å². The molecule has 2 unspecified atom stereocenters. The summed E-state index contributed by atoms with van der Waals surface area (Å²) < 4.78 is 18.9. The maximum Gasteiger partial charge on any atom is 0.254 e. The number of benzene rings is 2. The highest BCUT2D eigenvalue weighted by Gasteiger charge is 2.29. The molecule has 1 saturated heterocycles. The highest BCUT2D eigenvalue weighted by Crippen LogP contribution is 2.26. The molecular weight excluding hydrogens is 281 g/mol. The largest absolute Gasteiger partial charge is 0.367 e. The highest BCUT2D eigenvalue weighted by atomic mass is 19.1. The predicted molar refractivity (Wildman–Crippen MR) is 82.0 cm³/mol. The third-order valence-corrected chi connectivity index (χ3v) is 3.81. The zero-order valence-corrected chi connectivity index (χ0v) is 12.4. The molecule has 1 fully saturated rings. The number of amides is 1. The summed E-state index contributed by atoms with van der Waals surface area (Å²) in [4.78, 5) is 14.4. The van der Waals surface area contributed by atoms with E-state index < -0.39 is 0 Å². The van der Waals surface area contributed by atoms with E-state index in [0.29, 0.717) is 18.7 Å². The van der Waals surface area contributed by atoms with E-state index in [1.165, 1.54) is 24.3 Å². The average Bonchev–Trinajstić information content (AvgIpc) is 2.55. The molecule has 0 aliphatic carbocycles. The molecule has 0 radical (unpaired) electrons. The smallest absolute Gasteiger partial charge is 0.254 e. The number of ether oxygens (including phenoxy) is 1. The van der Waals surface area contributed by atoms with Crippen molar-refractivity contribution in [2.45, 2.75) is 19.1 Å². The van der Waals surface area contributed by atoms with E-state index in [9.17, 15) is 9.18 Å². The Morgan fingerprint density at radius 3 is 2.45 bits per heavy atom. The van der Waals surface area contributed by atoms with Crippen LogP contribution >= 0.6 is 0 Å². The normalized spacial score (nSPS) is 21.6. The molecule has 2 aromatic rings. The van der Waals surface area contributed by atoms with E-state index >= 15 is 0 Å². The maximum absolute atomic E-state index is 13.0. The van der Waals surface area contributed by atoms with Gasteiger partial charge < -0.3 is 9.64 Å². The fraction of sp³-hybridized carbons (Fsp3) is 0.278. The van der Waals surface area contributed by atoms with E-state index in [1.54, 1.807) is 4.90 Å². The molecule has 22 heavy (non-hydrogen) atoms. The minimum Gasteiger partial charge on any atom is -0.367 e. The van der Waals surface area contributed by atoms with Crippen molar-refractivity contribution in [3.05, 3.63) is 71.5 Å². The summed E-state index contributed by atoms with van der Waals surface area (Å²) in [6.45, 7) is 3.00. The summed E-state index contributed by atoms with van der Waals surface area (Å²) >= 11 is 0. The molecule has 4 heteroatoms. The van der Waals surface area contributed by atoms with Crippen LogP contribution in [0.4, 0.5) is 4.39 Å². The molecule has 0 aromatic heterocycles. The second-order valence-electron chi connectivity index (χ2n) is 5.56. The van der Waals surface area contributed by atoms with Crippen LogP contribution in [-0.2, 0) is 4.74 Å². The lowest BCUT2D eigenvalue weighted by atomic mass is 10.1. The van der Waals surface area contributed by atoms with Crippen LogP contribution in [0.2, 0.25) is 0 Å². The first kappa shape index (κ1) is 14.7. The molecule has 0 saturated carbocycles. The number of hydrogen-bond acceptors (Lipinski definition) is 2. The lowest BCUT2D eigenvalue weighted by molar-refractivity contribution is -0.0691. The van der Waals surface area contributed by atoms with Gasteiger partial charge in [0.15, 0.2) is 0 Å². The Morgan fingerprint density at radius 1 is 1.09 bits per heavy atom. The van der Waals surface area contributed by atoms with Gasteiger partial charge in [0, 0.05) is 12.1 Å². The number of carbonyl (C=O) groups is 1. The minimum absolute atomic E-state index is 0.0386. The second kappa shape index (κ2) is 6.28. The molecule has 3 nitrogen and oxygen atoms in total. The van der Waals surface area contributed by atoms with Gasteiger partial charge in [-0.2, -0.15) is 0 Å². The van der Waals surface area contributed by atoms with E-state index in [0.717, 1.165) is 5.56 Å². The Bertz CT molecular complexity index is 642. The maximum atomic E-state index is 13.0. The lowest BCUT2D eigenvalue weighted by Crippen LogP contribution is -2.45. The molecule has 3 rings (SSSR count). The standard InChI is InChI=1S/C18H18FNO2/c1-13-11-20(18(21)15-7-9-16(19)10-8-15)12-17(22-13)14-5-3-2-4-6-14/h2-10,13,17H,11-12H2,1H3. The molecular formula is C18H18FNO2. The molecule has 0 spiro atoms. The number of rotatable bonds is 2. The molecule has 1 heterocycles. The second-order valence-corrected chi connectivity index (χ2v) is 5.56. The van der Waals surface area contributed by atoms with E-state index in [2.05, 4.69) is 0 Å². The molecule has 1 aliphatic rings. The Kier molecular flexibility index (Phi) is 4.20. The minimum atomic E-state index is -0.339. The SMILES string of the molecule is CC1CN(C(=O)c2ccc(F)cc2)CC(c2ccccc2)O1. The quantitative estimate of drug-likeness (QED) is 0.850. The number of halogens is 1. The summed E-state index contributed by atoms with van der Waals surface area (Å²) in [6, 6.07) is 15.6. The van der Waals surface area contributed by atoms with Gasteiger partial charge in [-0.25, -0.2) is 4.39 Å². The van der Waals surface area contributed by atoms with Gasteiger partial charge in [0.2, 0.25) is 0 Å². The summed E-state index contributed by atoms with van der Waals surface area (Å²) in [6.07, 6.45) is -0.169. The summed E-state index contributed by atoms with van der Waals surface area (Å²) in [5.74, 6) is -0.426. The van der Waals surface area contributed by atoms with Crippen molar-refractivity contribution in [3.8, 4) is 0 Å². The van der Waals surface area contributed by atoms with Crippen LogP contribution in [-0.4, -0.2) is 30.0 Å². The Hall–Kier alpha value is -2.20. The number of carbonyl (C=O) groups excluding carboxylic acids is 1. The van der Waals surface area contributed by atoms with Crippen LogP contribution in [0.15, 0.2) is 54.6 Å². The van der Waals surface area contributed by atoms with Crippen molar-refractivity contribution in [1.29, 1.82) is 0 Å². The van der Waals surface area contributed by atoms with Crippen LogP contribution in [0, 0.1) is 5.82 Å². The van der Waals surface area contributed by atoms with Crippen LogP contribution < -0.4 is 0 Å². The van der Waals surface area contributed by atoms with Crippen molar-refractivity contribution in [3.63, 3.8) is 0 Å². The van der Waals surface area contributed by atoms with E-state index in [4.69, 9.17) is 4.74 Å². The van der Waals surface area contributed by atoms with Crippen molar-refractivity contribution in [2.24, 2.45) is 0 Å². The first-order chi connectivity index (χ1) is 10.6. The first-order valence-corrected chi connectivity index (χ1v) is 7.39. The lowest BCUT2D eigenvalue weighted by Gasteiger charge is -2.37.